The summed E-state index contributed by atoms with van der Waals surface area (Å²) in [6.45, 7) is 0.934. The monoisotopic (exact) mass is 319 g/mol. The Hall–Kier alpha value is 0.390. The minimum Gasteiger partial charge on any atom is -0.300 e. The number of carbonyl (C=O) groups excluding carboxylic acids is 2. The zero-order chi connectivity index (χ0) is 8.36. The van der Waals surface area contributed by atoms with Crippen molar-refractivity contribution in [3.05, 3.63) is 0 Å². The molecule has 0 rings (SSSR count). The van der Waals surface area contributed by atoms with E-state index in [1.165, 1.54) is 0 Å². The summed E-state index contributed by atoms with van der Waals surface area (Å²) >= 11 is 0. The number of halogens is 3. The van der Waals surface area contributed by atoms with Gasteiger partial charge >= 0.3 is 6.18 Å². The molecule has 6 heteroatoms. The van der Waals surface area contributed by atoms with Crippen molar-refractivity contribution in [3.63, 3.8) is 0 Å². The molecule has 0 aliphatic rings. The van der Waals surface area contributed by atoms with E-state index in [0.717, 1.165) is 6.92 Å². The van der Waals surface area contributed by atoms with Gasteiger partial charge in [0.15, 0.2) is 0 Å². The van der Waals surface area contributed by atoms with Crippen molar-refractivity contribution in [2.24, 2.45) is 0 Å². The molecule has 0 saturated heterocycles. The number of hydrogen-bond donors (Lipinski definition) is 0. The molecule has 0 fully saturated rings. The Labute approximate surface area is 91.1 Å². The van der Waals surface area contributed by atoms with Gasteiger partial charge in [0.2, 0.25) is 5.78 Å². The summed E-state index contributed by atoms with van der Waals surface area (Å²) in [7, 11) is 0. The summed E-state index contributed by atoms with van der Waals surface area (Å²) in [6, 6.07) is 0. The van der Waals surface area contributed by atoms with Crippen LogP contribution in [0.4, 0.5) is 13.2 Å². The SMILES string of the molecule is CC(=O)CC(=O)C(F)(F)F.[Ho]. The number of Topliss-reactive ketones (excluding diaryl/α,β-unsaturated/α-hetero) is 2. The van der Waals surface area contributed by atoms with Crippen LogP contribution in [0.1, 0.15) is 13.3 Å². The molecule has 0 spiro atoms. The number of hydrogen-bond acceptors (Lipinski definition) is 2. The smallest absolute Gasteiger partial charge is 0.300 e. The summed E-state index contributed by atoms with van der Waals surface area (Å²) in [6.07, 6.45) is -5.92. The van der Waals surface area contributed by atoms with Crippen LogP contribution in [-0.4, -0.2) is 17.7 Å². The number of alkyl halides is 3. The zero-order valence-electron chi connectivity index (χ0n) is 5.46. The zero-order valence-corrected chi connectivity index (χ0v) is 7.39. The number of rotatable bonds is 2. The Morgan fingerprint density at radius 2 is 1.64 bits per heavy atom. The van der Waals surface area contributed by atoms with Crippen LogP contribution in [0.5, 0.6) is 0 Å². The van der Waals surface area contributed by atoms with Crippen molar-refractivity contribution in [1.82, 2.24) is 0 Å². The van der Waals surface area contributed by atoms with Crippen LogP contribution in [0.15, 0.2) is 0 Å². The van der Waals surface area contributed by atoms with Crippen molar-refractivity contribution in [3.8, 4) is 0 Å². The molecule has 11 heavy (non-hydrogen) atoms. The van der Waals surface area contributed by atoms with Crippen LogP contribution in [0.25, 0.3) is 0 Å². The van der Waals surface area contributed by atoms with Gasteiger partial charge in [-0.25, -0.2) is 0 Å². The second-order valence-electron chi connectivity index (χ2n) is 1.80. The van der Waals surface area contributed by atoms with E-state index in [-0.39, 0.29) is 37.7 Å². The van der Waals surface area contributed by atoms with E-state index < -0.39 is 24.2 Å². The predicted octanol–water partition coefficient (Wildman–Crippen LogP) is 1.10. The molecular weight excluding hydrogens is 314 g/mol. The van der Waals surface area contributed by atoms with Gasteiger partial charge in [0.05, 0.1) is 6.42 Å². The molecule has 0 aromatic heterocycles. The third kappa shape index (κ3) is 6.77. The Bertz CT molecular complexity index is 164. The van der Waals surface area contributed by atoms with E-state index in [0.29, 0.717) is 0 Å². The average molecular weight is 319 g/mol. The quantitative estimate of drug-likeness (QED) is 0.564. The Balaban J connectivity index is 0. The van der Waals surface area contributed by atoms with Gasteiger partial charge in [-0.3, -0.25) is 9.59 Å². The van der Waals surface area contributed by atoms with E-state index in [1.54, 1.807) is 0 Å². The third-order valence-corrected chi connectivity index (χ3v) is 0.726. The summed E-state index contributed by atoms with van der Waals surface area (Å²) in [4.78, 5) is 19.9. The molecule has 0 N–H and O–H groups in total. The maximum atomic E-state index is 11.3. The van der Waals surface area contributed by atoms with Crippen LogP contribution in [0.3, 0.4) is 0 Å². The summed E-state index contributed by atoms with van der Waals surface area (Å²) in [5.41, 5.74) is 0. The molecule has 0 aromatic carbocycles. The number of carbonyl (C=O) groups is 2. The van der Waals surface area contributed by atoms with Gasteiger partial charge in [0, 0.05) is 37.7 Å². The van der Waals surface area contributed by atoms with Crippen molar-refractivity contribution < 1.29 is 60.5 Å². The van der Waals surface area contributed by atoms with Crippen molar-refractivity contribution in [1.29, 1.82) is 0 Å². The van der Waals surface area contributed by atoms with Gasteiger partial charge in [-0.15, -0.1) is 0 Å². The maximum Gasteiger partial charge on any atom is 0.450 e. The Kier molecular flexibility index (Phi) is 6.48. The molecular formula is C5H5F3HoO2. The molecule has 0 aromatic rings. The first kappa shape index (κ1) is 13.9. The minimum absolute atomic E-state index is 0. The van der Waals surface area contributed by atoms with E-state index >= 15 is 0 Å². The molecule has 0 atom stereocenters. The molecule has 0 heterocycles. The third-order valence-electron chi connectivity index (χ3n) is 0.726. The second kappa shape index (κ2) is 5.11. The van der Waals surface area contributed by atoms with Crippen LogP contribution >= 0.6 is 0 Å². The standard InChI is InChI=1S/C5H5F3O2.Ho/c1-3(9)2-4(10)5(6,7)8;/h2H2,1H3;. The maximum absolute atomic E-state index is 11.3. The van der Waals surface area contributed by atoms with Crippen LogP contribution < -0.4 is 0 Å². The first-order chi connectivity index (χ1) is 4.34. The molecule has 0 aliphatic heterocycles. The summed E-state index contributed by atoms with van der Waals surface area (Å²) in [5, 5.41) is 0. The van der Waals surface area contributed by atoms with Gasteiger partial charge in [0.25, 0.3) is 0 Å². The van der Waals surface area contributed by atoms with Crippen molar-refractivity contribution in [2.75, 3.05) is 0 Å². The Morgan fingerprint density at radius 1 is 1.27 bits per heavy atom. The fourth-order valence-corrected chi connectivity index (χ4v) is 0.326. The molecule has 0 amide bonds. The summed E-state index contributed by atoms with van der Waals surface area (Å²) in [5.74, 6) is -2.76. The average Bonchev–Trinajstić information content (AvgIpc) is 1.60. The van der Waals surface area contributed by atoms with Crippen LogP contribution in [-0.2, 0) is 9.59 Å². The molecule has 69 valence electrons. The van der Waals surface area contributed by atoms with Gasteiger partial charge < -0.3 is 0 Å². The summed E-state index contributed by atoms with van der Waals surface area (Å²) < 4.78 is 33.9. The fourth-order valence-electron chi connectivity index (χ4n) is 0.326. The van der Waals surface area contributed by atoms with E-state index in [9.17, 15) is 22.8 Å². The first-order valence-corrected chi connectivity index (χ1v) is 2.43. The van der Waals surface area contributed by atoms with E-state index in [2.05, 4.69) is 0 Å². The number of ketones is 2. The van der Waals surface area contributed by atoms with Gasteiger partial charge in [-0.05, 0) is 6.92 Å². The van der Waals surface area contributed by atoms with Gasteiger partial charge in [-0.2, -0.15) is 13.2 Å². The van der Waals surface area contributed by atoms with Crippen molar-refractivity contribution in [2.45, 2.75) is 19.5 Å². The van der Waals surface area contributed by atoms with Gasteiger partial charge in [0.1, 0.15) is 5.78 Å². The van der Waals surface area contributed by atoms with Crippen molar-refractivity contribution >= 4 is 11.6 Å². The van der Waals surface area contributed by atoms with E-state index in [4.69, 9.17) is 0 Å². The molecule has 0 saturated carbocycles. The van der Waals surface area contributed by atoms with Crippen LogP contribution in [0, 0.1) is 37.7 Å². The molecule has 1 radical (unpaired) electrons. The molecule has 0 bridgehead atoms. The first-order valence-electron chi connectivity index (χ1n) is 2.43. The normalized spacial score (nSPS) is 10.2. The fraction of sp³-hybridized carbons (Fsp3) is 0.600. The minimum atomic E-state index is -4.87. The second-order valence-corrected chi connectivity index (χ2v) is 1.80. The predicted molar refractivity (Wildman–Crippen MR) is 26.4 cm³/mol. The largest absolute Gasteiger partial charge is 0.450 e. The van der Waals surface area contributed by atoms with Gasteiger partial charge in [-0.1, -0.05) is 0 Å². The molecule has 0 aliphatic carbocycles. The van der Waals surface area contributed by atoms with Crippen LogP contribution in [0.2, 0.25) is 0 Å². The van der Waals surface area contributed by atoms with E-state index in [1.807, 2.05) is 0 Å². The molecule has 2 nitrogen and oxygen atoms in total. The topological polar surface area (TPSA) is 34.1 Å². The Morgan fingerprint density at radius 3 is 1.73 bits per heavy atom. The molecule has 0 unspecified atom stereocenters.